The average Bonchev–Trinajstić information content (AvgIpc) is 3.07. The van der Waals surface area contributed by atoms with Crippen molar-refractivity contribution in [3.63, 3.8) is 0 Å². The molecule has 1 fully saturated rings. The van der Waals surface area contributed by atoms with Crippen LogP contribution in [0.3, 0.4) is 0 Å². The van der Waals surface area contributed by atoms with Crippen molar-refractivity contribution in [2.24, 2.45) is 0 Å². The summed E-state index contributed by atoms with van der Waals surface area (Å²) in [5.41, 5.74) is 3.30. The van der Waals surface area contributed by atoms with E-state index < -0.39 is 11.7 Å². The van der Waals surface area contributed by atoms with Gasteiger partial charge in [-0.3, -0.25) is 9.59 Å². The third kappa shape index (κ3) is 4.83. The van der Waals surface area contributed by atoms with Crippen molar-refractivity contribution in [2.45, 2.75) is 13.2 Å². The normalized spacial score (nSPS) is 14.9. The lowest BCUT2D eigenvalue weighted by Gasteiger charge is -2.14. The molecule has 0 unspecified atom stereocenters. The molecule has 3 aromatic carbocycles. The zero-order valence-electron chi connectivity index (χ0n) is 17.3. The van der Waals surface area contributed by atoms with Gasteiger partial charge in [0.15, 0.2) is 11.5 Å². The third-order valence-corrected chi connectivity index (χ3v) is 5.12. The molecule has 1 amide bonds. The van der Waals surface area contributed by atoms with Crippen LogP contribution in [0.25, 0.3) is 6.08 Å². The van der Waals surface area contributed by atoms with Crippen molar-refractivity contribution < 1.29 is 19.1 Å². The quantitative estimate of drug-likeness (QED) is 0.429. The van der Waals surface area contributed by atoms with Crippen LogP contribution in [0, 0.1) is 0 Å². The molecule has 156 valence electrons. The number of methoxy groups -OCH3 is 1. The van der Waals surface area contributed by atoms with Gasteiger partial charge in [-0.25, -0.2) is 0 Å². The summed E-state index contributed by atoms with van der Waals surface area (Å²) in [6, 6.07) is 25.0. The number of Topliss-reactive ketones (excluding diaryl/α,β-unsaturated/α-hetero) is 1. The van der Waals surface area contributed by atoms with Crippen molar-refractivity contribution in [3.05, 3.63) is 101 Å². The molecule has 5 nitrogen and oxygen atoms in total. The second-order valence-corrected chi connectivity index (χ2v) is 7.33. The zero-order chi connectivity index (χ0) is 21.6. The number of nitrogens with zero attached hydrogens (tertiary/aromatic N) is 1. The van der Waals surface area contributed by atoms with Gasteiger partial charge in [0.1, 0.15) is 6.61 Å². The maximum Gasteiger partial charge on any atom is 0.295 e. The third-order valence-electron chi connectivity index (χ3n) is 5.12. The minimum Gasteiger partial charge on any atom is -0.493 e. The van der Waals surface area contributed by atoms with Gasteiger partial charge in [-0.1, -0.05) is 66.7 Å². The Labute approximate surface area is 181 Å². The van der Waals surface area contributed by atoms with E-state index in [9.17, 15) is 9.59 Å². The number of amides is 1. The van der Waals surface area contributed by atoms with E-state index in [-0.39, 0.29) is 0 Å². The smallest absolute Gasteiger partial charge is 0.295 e. The fourth-order valence-electron chi connectivity index (χ4n) is 3.50. The van der Waals surface area contributed by atoms with Crippen LogP contribution in [-0.2, 0) is 22.7 Å². The minimum absolute atomic E-state index is 0.293. The van der Waals surface area contributed by atoms with E-state index >= 15 is 0 Å². The molecule has 1 aliphatic heterocycles. The van der Waals surface area contributed by atoms with E-state index in [0.29, 0.717) is 36.8 Å². The number of ether oxygens (including phenoxy) is 2. The van der Waals surface area contributed by atoms with Crippen molar-refractivity contribution in [1.29, 1.82) is 0 Å². The minimum atomic E-state index is -0.468. The van der Waals surface area contributed by atoms with Gasteiger partial charge in [-0.15, -0.1) is 0 Å². The summed E-state index contributed by atoms with van der Waals surface area (Å²) in [5.74, 6) is 0.264. The van der Waals surface area contributed by atoms with Gasteiger partial charge in [0.05, 0.1) is 13.7 Å². The number of ketones is 1. The molecule has 0 aromatic heterocycles. The lowest BCUT2D eigenvalue weighted by molar-refractivity contribution is -0.139. The Kier molecular flexibility index (Phi) is 6.13. The predicted molar refractivity (Wildman–Crippen MR) is 119 cm³/mol. The lowest BCUT2D eigenvalue weighted by atomic mass is 10.1. The Hall–Kier alpha value is -3.86. The van der Waals surface area contributed by atoms with Crippen LogP contribution < -0.4 is 9.47 Å². The van der Waals surface area contributed by atoms with Crippen molar-refractivity contribution in [3.8, 4) is 11.5 Å². The molecule has 0 aliphatic carbocycles. The first-order valence-electron chi connectivity index (χ1n) is 10.1. The Morgan fingerprint density at radius 1 is 0.871 bits per heavy atom. The first-order valence-corrected chi connectivity index (χ1v) is 10.1. The van der Waals surface area contributed by atoms with Crippen LogP contribution in [0.5, 0.6) is 11.5 Å². The number of carbonyl (C=O) groups excluding carboxylic acids is 2. The second-order valence-electron chi connectivity index (χ2n) is 7.33. The van der Waals surface area contributed by atoms with E-state index in [1.54, 1.807) is 18.1 Å². The van der Waals surface area contributed by atoms with Crippen LogP contribution in [0.15, 0.2) is 84.4 Å². The van der Waals surface area contributed by atoms with Gasteiger partial charge < -0.3 is 14.4 Å². The molecule has 0 spiro atoms. The Morgan fingerprint density at radius 3 is 2.23 bits per heavy atom. The van der Waals surface area contributed by atoms with Crippen LogP contribution in [0.2, 0.25) is 0 Å². The molecule has 4 rings (SSSR count). The summed E-state index contributed by atoms with van der Waals surface area (Å²) in [7, 11) is 1.58. The van der Waals surface area contributed by atoms with Crippen molar-refractivity contribution in [1.82, 2.24) is 4.90 Å². The highest BCUT2D eigenvalue weighted by atomic mass is 16.5. The standard InChI is InChI=1S/C26H23NO4/c1-30-24-15-21(12-13-23(24)31-18-20-10-6-3-7-11-20)14-22-17-27(26(29)25(22)28)16-19-8-4-2-5-9-19/h2-15H,16-18H2,1H3. The van der Waals surface area contributed by atoms with E-state index in [0.717, 1.165) is 16.7 Å². The molecule has 1 saturated heterocycles. The van der Waals surface area contributed by atoms with Crippen LogP contribution in [-0.4, -0.2) is 30.2 Å². The highest BCUT2D eigenvalue weighted by molar-refractivity contribution is 6.45. The van der Waals surface area contributed by atoms with Crippen LogP contribution >= 0.6 is 0 Å². The van der Waals surface area contributed by atoms with Crippen LogP contribution in [0.4, 0.5) is 0 Å². The summed E-state index contributed by atoms with van der Waals surface area (Å²) in [4.78, 5) is 26.4. The fourth-order valence-corrected chi connectivity index (χ4v) is 3.50. The Balaban J connectivity index is 1.48. The summed E-state index contributed by atoms with van der Waals surface area (Å²) in [6.45, 7) is 1.14. The first kappa shape index (κ1) is 20.4. The SMILES string of the molecule is COc1cc(C=C2CN(Cc3ccccc3)C(=O)C2=O)ccc1OCc1ccccc1. The maximum absolute atomic E-state index is 12.5. The number of hydrogen-bond donors (Lipinski definition) is 0. The Bertz CT molecular complexity index is 1110. The van der Waals surface area contributed by atoms with Gasteiger partial charge in [0.25, 0.3) is 5.91 Å². The maximum atomic E-state index is 12.5. The molecule has 0 radical (unpaired) electrons. The highest BCUT2D eigenvalue weighted by Gasteiger charge is 2.33. The van der Waals surface area contributed by atoms with Gasteiger partial charge in [-0.05, 0) is 34.9 Å². The van der Waals surface area contributed by atoms with E-state index in [1.807, 2.05) is 78.9 Å². The molecular weight excluding hydrogens is 390 g/mol. The zero-order valence-corrected chi connectivity index (χ0v) is 17.3. The summed E-state index contributed by atoms with van der Waals surface area (Å²) < 4.78 is 11.4. The predicted octanol–water partition coefficient (Wildman–Crippen LogP) is 4.27. The molecule has 31 heavy (non-hydrogen) atoms. The van der Waals surface area contributed by atoms with E-state index in [2.05, 4.69) is 0 Å². The molecule has 3 aromatic rings. The highest BCUT2D eigenvalue weighted by Crippen LogP contribution is 2.30. The van der Waals surface area contributed by atoms with Crippen LogP contribution in [0.1, 0.15) is 16.7 Å². The molecule has 5 heteroatoms. The Morgan fingerprint density at radius 2 is 1.55 bits per heavy atom. The van der Waals surface area contributed by atoms with Gasteiger partial charge in [0.2, 0.25) is 5.78 Å². The van der Waals surface area contributed by atoms with E-state index in [1.165, 1.54) is 0 Å². The fraction of sp³-hybridized carbons (Fsp3) is 0.154. The van der Waals surface area contributed by atoms with Gasteiger partial charge in [0, 0.05) is 12.1 Å². The van der Waals surface area contributed by atoms with Gasteiger partial charge in [-0.2, -0.15) is 0 Å². The molecule has 0 bridgehead atoms. The van der Waals surface area contributed by atoms with Crippen molar-refractivity contribution in [2.75, 3.05) is 13.7 Å². The summed E-state index contributed by atoms with van der Waals surface area (Å²) in [5, 5.41) is 0. The number of benzene rings is 3. The summed E-state index contributed by atoms with van der Waals surface area (Å²) >= 11 is 0. The molecule has 0 saturated carbocycles. The number of hydrogen-bond acceptors (Lipinski definition) is 4. The molecule has 0 N–H and O–H groups in total. The molecular formula is C26H23NO4. The number of rotatable bonds is 7. The van der Waals surface area contributed by atoms with Gasteiger partial charge >= 0.3 is 0 Å². The topological polar surface area (TPSA) is 55.8 Å². The second kappa shape index (κ2) is 9.30. The lowest BCUT2D eigenvalue weighted by Crippen LogP contribution is -2.26. The average molecular weight is 413 g/mol. The van der Waals surface area contributed by atoms with Crippen molar-refractivity contribution >= 4 is 17.8 Å². The number of likely N-dealkylation sites (tertiary alicyclic amines) is 1. The largest absolute Gasteiger partial charge is 0.493 e. The molecule has 0 atom stereocenters. The number of carbonyl (C=O) groups is 2. The molecule has 1 aliphatic rings. The summed E-state index contributed by atoms with van der Waals surface area (Å²) in [6.07, 6.45) is 1.74. The molecule has 1 heterocycles. The first-order chi connectivity index (χ1) is 15.1. The van der Waals surface area contributed by atoms with E-state index in [4.69, 9.17) is 9.47 Å². The monoisotopic (exact) mass is 413 g/mol.